The van der Waals surface area contributed by atoms with Crippen LogP contribution in [0.25, 0.3) is 0 Å². The predicted molar refractivity (Wildman–Crippen MR) is 75.4 cm³/mol. The van der Waals surface area contributed by atoms with Gasteiger partial charge >= 0.3 is 0 Å². The highest BCUT2D eigenvalue weighted by Gasteiger charge is 2.36. The van der Waals surface area contributed by atoms with Crippen LogP contribution >= 0.6 is 0 Å². The maximum Gasteiger partial charge on any atom is 0.299 e. The molecule has 1 N–H and O–H groups in total. The molecule has 1 aliphatic rings. The summed E-state index contributed by atoms with van der Waals surface area (Å²) in [4.78, 5) is 25.3. The molecule has 20 heavy (non-hydrogen) atoms. The lowest BCUT2D eigenvalue weighted by molar-refractivity contribution is -0.114. The van der Waals surface area contributed by atoms with Crippen LogP contribution in [0.2, 0.25) is 0 Å². The molecular formula is C15H19FN2O2. The van der Waals surface area contributed by atoms with E-state index in [2.05, 4.69) is 12.2 Å². The third-order valence-corrected chi connectivity index (χ3v) is 3.35. The second kappa shape index (κ2) is 6.13. The molecule has 1 amide bonds. The van der Waals surface area contributed by atoms with Crippen LogP contribution in [0.5, 0.6) is 0 Å². The number of fused-ring (bicyclic) bond motifs is 1. The lowest BCUT2D eigenvalue weighted by atomic mass is 10.1. The second-order valence-corrected chi connectivity index (χ2v) is 5.22. The van der Waals surface area contributed by atoms with E-state index in [9.17, 15) is 14.0 Å². The number of Topliss-reactive ketones (excluding diaryl/α,β-unsaturated/α-hetero) is 1. The quantitative estimate of drug-likeness (QED) is 0.639. The first-order chi connectivity index (χ1) is 9.54. The zero-order valence-corrected chi connectivity index (χ0v) is 11.8. The summed E-state index contributed by atoms with van der Waals surface area (Å²) >= 11 is 0. The SMILES string of the molecule is CCCNCC(C)CN1C(=O)C(=O)c2cc(F)ccc21. The van der Waals surface area contributed by atoms with Gasteiger partial charge in [0.05, 0.1) is 11.3 Å². The molecule has 0 aromatic heterocycles. The van der Waals surface area contributed by atoms with E-state index in [1.807, 2.05) is 6.92 Å². The summed E-state index contributed by atoms with van der Waals surface area (Å²) in [6.07, 6.45) is 1.05. The molecule has 1 unspecified atom stereocenters. The lowest BCUT2D eigenvalue weighted by Crippen LogP contribution is -2.37. The van der Waals surface area contributed by atoms with Crippen LogP contribution in [-0.2, 0) is 4.79 Å². The maximum absolute atomic E-state index is 13.2. The van der Waals surface area contributed by atoms with Gasteiger partial charge in [0, 0.05) is 6.54 Å². The molecule has 4 nitrogen and oxygen atoms in total. The number of nitrogens with zero attached hydrogens (tertiary/aromatic N) is 1. The number of halogens is 1. The van der Waals surface area contributed by atoms with Gasteiger partial charge in [-0.25, -0.2) is 4.39 Å². The van der Waals surface area contributed by atoms with Crippen LogP contribution in [-0.4, -0.2) is 31.3 Å². The molecule has 1 atom stereocenters. The Morgan fingerprint density at radius 1 is 1.35 bits per heavy atom. The number of carbonyl (C=O) groups is 2. The first-order valence-corrected chi connectivity index (χ1v) is 6.91. The van der Waals surface area contributed by atoms with Gasteiger partial charge in [0.2, 0.25) is 0 Å². The van der Waals surface area contributed by atoms with E-state index in [0.29, 0.717) is 12.2 Å². The van der Waals surface area contributed by atoms with E-state index in [1.165, 1.54) is 17.0 Å². The molecule has 1 aliphatic heterocycles. The molecule has 5 heteroatoms. The van der Waals surface area contributed by atoms with Gasteiger partial charge in [-0.1, -0.05) is 13.8 Å². The largest absolute Gasteiger partial charge is 0.316 e. The fourth-order valence-electron chi connectivity index (χ4n) is 2.36. The normalized spacial score (nSPS) is 15.7. The van der Waals surface area contributed by atoms with Gasteiger partial charge in [0.25, 0.3) is 11.7 Å². The fourth-order valence-corrected chi connectivity index (χ4v) is 2.36. The highest BCUT2D eigenvalue weighted by atomic mass is 19.1. The third-order valence-electron chi connectivity index (χ3n) is 3.35. The number of benzene rings is 1. The van der Waals surface area contributed by atoms with E-state index in [-0.39, 0.29) is 11.5 Å². The van der Waals surface area contributed by atoms with Crippen molar-refractivity contribution in [1.82, 2.24) is 5.32 Å². The number of rotatable bonds is 6. The Morgan fingerprint density at radius 2 is 2.10 bits per heavy atom. The smallest absolute Gasteiger partial charge is 0.299 e. The van der Waals surface area contributed by atoms with Crippen LogP contribution in [0.1, 0.15) is 30.6 Å². The topological polar surface area (TPSA) is 49.4 Å². The molecule has 1 aromatic carbocycles. The van der Waals surface area contributed by atoms with Crippen molar-refractivity contribution >= 4 is 17.4 Å². The minimum absolute atomic E-state index is 0.170. The van der Waals surface area contributed by atoms with Gasteiger partial charge in [-0.2, -0.15) is 0 Å². The van der Waals surface area contributed by atoms with Crippen LogP contribution < -0.4 is 10.2 Å². The molecule has 0 saturated carbocycles. The number of hydrogen-bond donors (Lipinski definition) is 1. The maximum atomic E-state index is 13.2. The van der Waals surface area contributed by atoms with Crippen LogP contribution in [0.3, 0.4) is 0 Å². The molecule has 0 bridgehead atoms. The minimum Gasteiger partial charge on any atom is -0.316 e. The van der Waals surface area contributed by atoms with Crippen molar-refractivity contribution in [3.8, 4) is 0 Å². The predicted octanol–water partition coefficient (Wildman–Crippen LogP) is 1.99. The number of anilines is 1. The number of hydrogen-bond acceptors (Lipinski definition) is 3. The number of amides is 1. The number of nitrogens with one attached hydrogen (secondary N) is 1. The Morgan fingerprint density at radius 3 is 2.80 bits per heavy atom. The summed E-state index contributed by atoms with van der Waals surface area (Å²) in [6.45, 7) is 6.27. The Bertz CT molecular complexity index is 531. The van der Waals surface area contributed by atoms with Crippen molar-refractivity contribution in [1.29, 1.82) is 0 Å². The van der Waals surface area contributed by atoms with Gasteiger partial charge in [0.15, 0.2) is 0 Å². The number of ketones is 1. The van der Waals surface area contributed by atoms with Crippen molar-refractivity contribution in [2.45, 2.75) is 20.3 Å². The Labute approximate surface area is 118 Å². The fraction of sp³-hybridized carbons (Fsp3) is 0.467. The average Bonchev–Trinajstić information content (AvgIpc) is 2.64. The average molecular weight is 278 g/mol. The first kappa shape index (κ1) is 14.7. The highest BCUT2D eigenvalue weighted by molar-refractivity contribution is 6.52. The zero-order chi connectivity index (χ0) is 14.7. The van der Waals surface area contributed by atoms with Crippen molar-refractivity contribution in [3.05, 3.63) is 29.6 Å². The van der Waals surface area contributed by atoms with Crippen molar-refractivity contribution in [2.75, 3.05) is 24.5 Å². The molecular weight excluding hydrogens is 259 g/mol. The molecule has 1 aromatic rings. The minimum atomic E-state index is -0.617. The van der Waals surface area contributed by atoms with E-state index in [4.69, 9.17) is 0 Å². The molecule has 0 saturated heterocycles. The van der Waals surface area contributed by atoms with Gasteiger partial charge in [-0.05, 0) is 43.6 Å². The molecule has 0 radical (unpaired) electrons. The molecule has 1 heterocycles. The van der Waals surface area contributed by atoms with Crippen LogP contribution in [0.15, 0.2) is 18.2 Å². The zero-order valence-electron chi connectivity index (χ0n) is 11.8. The van der Waals surface area contributed by atoms with Gasteiger partial charge < -0.3 is 10.2 Å². The highest BCUT2D eigenvalue weighted by Crippen LogP contribution is 2.29. The molecule has 0 spiro atoms. The molecule has 0 aliphatic carbocycles. The molecule has 2 rings (SSSR count). The summed E-state index contributed by atoms with van der Waals surface area (Å²) in [5.74, 6) is -1.46. The Balaban J connectivity index is 2.10. The molecule has 0 fully saturated rings. The van der Waals surface area contributed by atoms with Crippen molar-refractivity contribution in [2.24, 2.45) is 5.92 Å². The standard InChI is InChI=1S/C15H19FN2O2/c1-3-6-17-8-10(2)9-18-13-5-4-11(16)7-12(13)14(19)15(18)20/h4-5,7,10,17H,3,6,8-9H2,1-2H3. The lowest BCUT2D eigenvalue weighted by Gasteiger charge is -2.21. The summed E-state index contributed by atoms with van der Waals surface area (Å²) in [7, 11) is 0. The van der Waals surface area contributed by atoms with Crippen LogP contribution in [0.4, 0.5) is 10.1 Å². The van der Waals surface area contributed by atoms with Crippen molar-refractivity contribution < 1.29 is 14.0 Å². The van der Waals surface area contributed by atoms with Gasteiger partial charge in [-0.3, -0.25) is 9.59 Å². The van der Waals surface area contributed by atoms with Crippen LogP contribution in [0, 0.1) is 11.7 Å². The summed E-state index contributed by atoms with van der Waals surface area (Å²) in [5, 5.41) is 3.29. The monoisotopic (exact) mass is 278 g/mol. The third kappa shape index (κ3) is 2.88. The first-order valence-electron chi connectivity index (χ1n) is 6.91. The Kier molecular flexibility index (Phi) is 4.49. The second-order valence-electron chi connectivity index (χ2n) is 5.22. The summed E-state index contributed by atoms with van der Waals surface area (Å²) < 4.78 is 13.2. The van der Waals surface area contributed by atoms with E-state index in [1.54, 1.807) is 0 Å². The van der Waals surface area contributed by atoms with E-state index in [0.717, 1.165) is 25.6 Å². The molecule has 108 valence electrons. The Hall–Kier alpha value is -1.75. The summed E-state index contributed by atoms with van der Waals surface area (Å²) in [6, 6.07) is 3.91. The van der Waals surface area contributed by atoms with E-state index < -0.39 is 17.5 Å². The van der Waals surface area contributed by atoms with E-state index >= 15 is 0 Å². The van der Waals surface area contributed by atoms with Gasteiger partial charge in [0.1, 0.15) is 5.82 Å². The summed E-state index contributed by atoms with van der Waals surface area (Å²) in [5.41, 5.74) is 0.687. The van der Waals surface area contributed by atoms with Crippen molar-refractivity contribution in [3.63, 3.8) is 0 Å². The number of carbonyl (C=O) groups excluding carboxylic acids is 2. The van der Waals surface area contributed by atoms with Gasteiger partial charge in [-0.15, -0.1) is 0 Å².